The minimum absolute atomic E-state index is 0.102. The molecule has 7 nitrogen and oxygen atoms in total. The van der Waals surface area contributed by atoms with Gasteiger partial charge in [0.1, 0.15) is 6.04 Å². The van der Waals surface area contributed by atoms with E-state index in [1.165, 1.54) is 18.9 Å². The standard InChI is InChI=1S/C13H24N2O5S/c1-3-20-13(18)10(14)6-8-21-9-11(16)15-7-4-5-12(17)19-2/h10H,3-9,14H2,1-2H3,(H,15,16). The highest BCUT2D eigenvalue weighted by Crippen LogP contribution is 2.05. The number of esters is 2. The van der Waals surface area contributed by atoms with Crippen LogP contribution in [0.4, 0.5) is 0 Å². The molecule has 0 spiro atoms. The summed E-state index contributed by atoms with van der Waals surface area (Å²) >= 11 is 1.40. The first kappa shape index (κ1) is 19.7. The Kier molecular flexibility index (Phi) is 11.7. The lowest BCUT2D eigenvalue weighted by Crippen LogP contribution is -2.33. The zero-order valence-corrected chi connectivity index (χ0v) is 13.4. The van der Waals surface area contributed by atoms with Crippen LogP contribution in [-0.2, 0) is 23.9 Å². The molecule has 0 heterocycles. The quantitative estimate of drug-likeness (QED) is 0.409. The van der Waals surface area contributed by atoms with Crippen LogP contribution in [-0.4, -0.2) is 55.7 Å². The van der Waals surface area contributed by atoms with Crippen molar-refractivity contribution in [1.82, 2.24) is 5.32 Å². The summed E-state index contributed by atoms with van der Waals surface area (Å²) < 4.78 is 9.28. The van der Waals surface area contributed by atoms with E-state index in [0.29, 0.717) is 37.5 Å². The van der Waals surface area contributed by atoms with Gasteiger partial charge in [-0.15, -0.1) is 0 Å². The Bertz CT molecular complexity index is 339. The summed E-state index contributed by atoms with van der Waals surface area (Å²) in [6.07, 6.45) is 1.31. The topological polar surface area (TPSA) is 108 Å². The van der Waals surface area contributed by atoms with Crippen LogP contribution in [0.15, 0.2) is 0 Å². The fourth-order valence-corrected chi connectivity index (χ4v) is 2.21. The molecule has 0 aromatic rings. The summed E-state index contributed by atoms with van der Waals surface area (Å²) in [5, 5.41) is 2.70. The Morgan fingerprint density at radius 2 is 2.05 bits per heavy atom. The van der Waals surface area contributed by atoms with Gasteiger partial charge < -0.3 is 20.5 Å². The highest BCUT2D eigenvalue weighted by Gasteiger charge is 2.14. The Labute approximate surface area is 129 Å². The lowest BCUT2D eigenvalue weighted by atomic mass is 10.2. The summed E-state index contributed by atoms with van der Waals surface area (Å²) in [6, 6.07) is -0.638. The van der Waals surface area contributed by atoms with Gasteiger partial charge in [-0.2, -0.15) is 11.8 Å². The van der Waals surface area contributed by atoms with Gasteiger partial charge in [0.15, 0.2) is 0 Å². The van der Waals surface area contributed by atoms with E-state index in [-0.39, 0.29) is 18.3 Å². The van der Waals surface area contributed by atoms with Crippen LogP contribution in [0.1, 0.15) is 26.2 Å². The van der Waals surface area contributed by atoms with E-state index in [1.807, 2.05) is 0 Å². The van der Waals surface area contributed by atoms with Gasteiger partial charge in [0.25, 0.3) is 0 Å². The molecule has 0 rings (SSSR count). The molecule has 0 radical (unpaired) electrons. The molecular weight excluding hydrogens is 296 g/mol. The Morgan fingerprint density at radius 3 is 2.67 bits per heavy atom. The largest absolute Gasteiger partial charge is 0.469 e. The van der Waals surface area contributed by atoms with Gasteiger partial charge in [-0.1, -0.05) is 0 Å². The van der Waals surface area contributed by atoms with Gasteiger partial charge >= 0.3 is 11.9 Å². The molecule has 21 heavy (non-hydrogen) atoms. The second-order valence-corrected chi connectivity index (χ2v) is 5.33. The molecule has 122 valence electrons. The number of methoxy groups -OCH3 is 1. The van der Waals surface area contributed by atoms with Crippen LogP contribution in [0.25, 0.3) is 0 Å². The first-order chi connectivity index (χ1) is 10.0. The molecule has 0 fully saturated rings. The molecule has 0 aromatic heterocycles. The van der Waals surface area contributed by atoms with Gasteiger partial charge in [-0.25, -0.2) is 0 Å². The molecule has 0 saturated heterocycles. The number of thioether (sulfide) groups is 1. The van der Waals surface area contributed by atoms with Crippen LogP contribution in [0.2, 0.25) is 0 Å². The van der Waals surface area contributed by atoms with Crippen molar-refractivity contribution in [2.24, 2.45) is 5.73 Å². The molecule has 1 atom stereocenters. The number of hydrogen-bond acceptors (Lipinski definition) is 7. The minimum atomic E-state index is -0.638. The molecule has 0 aromatic carbocycles. The monoisotopic (exact) mass is 320 g/mol. The normalized spacial score (nSPS) is 11.6. The molecule has 0 aliphatic carbocycles. The van der Waals surface area contributed by atoms with E-state index in [1.54, 1.807) is 6.92 Å². The molecule has 3 N–H and O–H groups in total. The molecule has 0 aliphatic heterocycles. The molecule has 1 amide bonds. The number of ether oxygens (including phenoxy) is 2. The van der Waals surface area contributed by atoms with Crippen molar-refractivity contribution in [3.8, 4) is 0 Å². The predicted molar refractivity (Wildman–Crippen MR) is 80.8 cm³/mol. The molecule has 0 aliphatic rings. The fourth-order valence-electron chi connectivity index (χ4n) is 1.36. The van der Waals surface area contributed by atoms with Crippen LogP contribution in [0, 0.1) is 0 Å². The van der Waals surface area contributed by atoms with Gasteiger partial charge in [-0.05, 0) is 25.5 Å². The van der Waals surface area contributed by atoms with Crippen LogP contribution in [0.5, 0.6) is 0 Å². The number of amides is 1. The van der Waals surface area contributed by atoms with E-state index >= 15 is 0 Å². The number of hydrogen-bond donors (Lipinski definition) is 2. The zero-order valence-electron chi connectivity index (χ0n) is 12.6. The number of rotatable bonds is 11. The van der Waals surface area contributed by atoms with Crippen molar-refractivity contribution in [3.63, 3.8) is 0 Å². The Balaban J connectivity index is 3.53. The predicted octanol–water partition coefficient (Wildman–Crippen LogP) is 0.0695. The number of nitrogens with two attached hydrogens (primary N) is 1. The molecule has 0 saturated carbocycles. The molecule has 1 unspecified atom stereocenters. The fraction of sp³-hybridized carbons (Fsp3) is 0.769. The van der Waals surface area contributed by atoms with Gasteiger partial charge in [0.05, 0.1) is 19.5 Å². The molecule has 8 heteroatoms. The average molecular weight is 320 g/mol. The summed E-state index contributed by atoms with van der Waals surface area (Å²) in [5.74, 6) is 0.107. The maximum Gasteiger partial charge on any atom is 0.322 e. The maximum atomic E-state index is 11.5. The van der Waals surface area contributed by atoms with Crippen LogP contribution < -0.4 is 11.1 Å². The van der Waals surface area contributed by atoms with Gasteiger partial charge in [-0.3, -0.25) is 14.4 Å². The van der Waals surface area contributed by atoms with E-state index < -0.39 is 12.0 Å². The molecule has 0 bridgehead atoms. The van der Waals surface area contributed by atoms with Crippen LogP contribution >= 0.6 is 11.8 Å². The van der Waals surface area contributed by atoms with Gasteiger partial charge in [0.2, 0.25) is 5.91 Å². The van der Waals surface area contributed by atoms with E-state index in [2.05, 4.69) is 10.1 Å². The van der Waals surface area contributed by atoms with Crippen molar-refractivity contribution >= 4 is 29.6 Å². The summed E-state index contributed by atoms with van der Waals surface area (Å²) in [5.41, 5.74) is 5.63. The van der Waals surface area contributed by atoms with Crippen molar-refractivity contribution in [1.29, 1.82) is 0 Å². The van der Waals surface area contributed by atoms with E-state index in [4.69, 9.17) is 10.5 Å². The smallest absolute Gasteiger partial charge is 0.322 e. The van der Waals surface area contributed by atoms with Crippen molar-refractivity contribution in [2.75, 3.05) is 31.8 Å². The molecular formula is C13H24N2O5S. The number of carbonyl (C=O) groups excluding carboxylic acids is 3. The number of nitrogens with one attached hydrogen (secondary N) is 1. The summed E-state index contributed by atoms with van der Waals surface area (Å²) in [4.78, 5) is 33.6. The highest BCUT2D eigenvalue weighted by molar-refractivity contribution is 7.99. The number of carbonyl (C=O) groups is 3. The van der Waals surface area contributed by atoms with Crippen LogP contribution in [0.3, 0.4) is 0 Å². The lowest BCUT2D eigenvalue weighted by molar-refractivity contribution is -0.144. The van der Waals surface area contributed by atoms with Crippen molar-refractivity contribution in [2.45, 2.75) is 32.2 Å². The second kappa shape index (κ2) is 12.5. The lowest BCUT2D eigenvalue weighted by Gasteiger charge is -2.10. The first-order valence-electron chi connectivity index (χ1n) is 6.84. The highest BCUT2D eigenvalue weighted by atomic mass is 32.2. The zero-order chi connectivity index (χ0) is 16.1. The van der Waals surface area contributed by atoms with E-state index in [0.717, 1.165) is 0 Å². The third-order valence-corrected chi connectivity index (χ3v) is 3.49. The van der Waals surface area contributed by atoms with Gasteiger partial charge in [0, 0.05) is 13.0 Å². The first-order valence-corrected chi connectivity index (χ1v) is 8.00. The third kappa shape index (κ3) is 11.1. The SMILES string of the molecule is CCOC(=O)C(N)CCSCC(=O)NCCCC(=O)OC. The third-order valence-electron chi connectivity index (χ3n) is 2.50. The minimum Gasteiger partial charge on any atom is -0.469 e. The summed E-state index contributed by atoms with van der Waals surface area (Å²) in [6.45, 7) is 2.48. The maximum absolute atomic E-state index is 11.5. The second-order valence-electron chi connectivity index (χ2n) is 4.23. The van der Waals surface area contributed by atoms with Crippen molar-refractivity contribution in [3.05, 3.63) is 0 Å². The Morgan fingerprint density at radius 1 is 1.33 bits per heavy atom. The van der Waals surface area contributed by atoms with E-state index in [9.17, 15) is 14.4 Å². The van der Waals surface area contributed by atoms with Crippen molar-refractivity contribution < 1.29 is 23.9 Å². The Hall–Kier alpha value is -1.28. The summed E-state index contributed by atoms with van der Waals surface area (Å²) in [7, 11) is 1.33. The average Bonchev–Trinajstić information content (AvgIpc) is 2.47.